The minimum absolute atomic E-state index is 0.505. The third-order valence-electron chi connectivity index (χ3n) is 3.26. The molecule has 2 aliphatic carbocycles. The van der Waals surface area contributed by atoms with Gasteiger partial charge in [0.25, 0.3) is 0 Å². The first-order chi connectivity index (χ1) is 6.79. The Morgan fingerprint density at radius 1 is 1.29 bits per heavy atom. The van der Waals surface area contributed by atoms with Crippen LogP contribution in [0.1, 0.15) is 25.7 Å². The summed E-state index contributed by atoms with van der Waals surface area (Å²) in [6.07, 6.45) is 3.65. The molecule has 0 aromatic heterocycles. The van der Waals surface area contributed by atoms with Crippen LogP contribution < -0.4 is 5.73 Å². The maximum atomic E-state index is 10.4. The van der Waals surface area contributed by atoms with Crippen LogP contribution in [0.15, 0.2) is 0 Å². The van der Waals surface area contributed by atoms with Gasteiger partial charge >= 0.3 is 6.09 Å². The zero-order chi connectivity index (χ0) is 9.97. The molecular formula is C11H15NO2. The Morgan fingerprint density at radius 2 is 1.86 bits per heavy atom. The van der Waals surface area contributed by atoms with Crippen LogP contribution in [-0.2, 0) is 4.74 Å². The highest BCUT2D eigenvalue weighted by atomic mass is 16.5. The third-order valence-corrected chi connectivity index (χ3v) is 3.26. The molecule has 14 heavy (non-hydrogen) atoms. The van der Waals surface area contributed by atoms with Crippen molar-refractivity contribution in [2.75, 3.05) is 6.61 Å². The number of nitrogens with two attached hydrogens (primary N) is 1. The molecule has 3 nitrogen and oxygen atoms in total. The average molecular weight is 193 g/mol. The van der Waals surface area contributed by atoms with Crippen molar-refractivity contribution in [2.45, 2.75) is 25.7 Å². The number of carbonyl (C=O) groups is 1. The molecule has 3 atom stereocenters. The lowest BCUT2D eigenvalue weighted by molar-refractivity contribution is 0.147. The molecule has 0 spiro atoms. The second kappa shape index (κ2) is 3.91. The molecule has 1 amide bonds. The summed E-state index contributed by atoms with van der Waals surface area (Å²) in [6.45, 7) is 0.505. The van der Waals surface area contributed by atoms with E-state index in [0.717, 1.165) is 37.5 Å². The van der Waals surface area contributed by atoms with E-state index in [1.807, 2.05) is 0 Å². The summed E-state index contributed by atoms with van der Waals surface area (Å²) in [4.78, 5) is 10.4. The van der Waals surface area contributed by atoms with Gasteiger partial charge in [-0.1, -0.05) is 0 Å². The molecule has 2 N–H and O–H groups in total. The molecule has 0 aromatic carbocycles. The lowest BCUT2D eigenvalue weighted by Crippen LogP contribution is -2.15. The molecule has 0 heterocycles. The van der Waals surface area contributed by atoms with Gasteiger partial charge in [-0.25, -0.2) is 4.79 Å². The lowest BCUT2D eigenvalue weighted by Gasteiger charge is -1.98. The Kier molecular flexibility index (Phi) is 2.62. The monoisotopic (exact) mass is 193 g/mol. The SMILES string of the molecule is NC(=O)OCC1[C@H]2CCC#CCC[C@@H]12. The summed E-state index contributed by atoms with van der Waals surface area (Å²) in [5.41, 5.74) is 4.93. The highest BCUT2D eigenvalue weighted by molar-refractivity contribution is 5.64. The first-order valence-corrected chi connectivity index (χ1v) is 5.17. The minimum Gasteiger partial charge on any atom is -0.449 e. The standard InChI is InChI=1S/C11H15NO2/c12-11(13)14-7-10-8-5-3-1-2-4-6-9(8)10/h8-10H,3-7H2,(H2,12,13)/t8-,9+,10?. The molecule has 1 saturated carbocycles. The molecule has 0 saturated heterocycles. The Morgan fingerprint density at radius 3 is 2.36 bits per heavy atom. The number of carbonyl (C=O) groups excluding carboxylic acids is 1. The van der Waals surface area contributed by atoms with E-state index in [0.29, 0.717) is 12.5 Å². The Hall–Kier alpha value is -1.17. The van der Waals surface area contributed by atoms with Gasteiger partial charge < -0.3 is 10.5 Å². The summed E-state index contributed by atoms with van der Waals surface area (Å²) in [7, 11) is 0. The lowest BCUT2D eigenvalue weighted by atomic mass is 10.1. The number of hydrogen-bond donors (Lipinski definition) is 1. The predicted octanol–water partition coefficient (Wildman–Crippen LogP) is 1.52. The summed E-state index contributed by atoms with van der Waals surface area (Å²) >= 11 is 0. The van der Waals surface area contributed by atoms with E-state index >= 15 is 0 Å². The largest absolute Gasteiger partial charge is 0.449 e. The van der Waals surface area contributed by atoms with E-state index in [1.165, 1.54) is 0 Å². The number of ether oxygens (including phenoxy) is 1. The molecule has 0 aliphatic heterocycles. The molecule has 3 heteroatoms. The minimum atomic E-state index is -0.652. The summed E-state index contributed by atoms with van der Waals surface area (Å²) < 4.78 is 4.84. The second-order valence-corrected chi connectivity index (χ2v) is 4.05. The van der Waals surface area contributed by atoms with Gasteiger partial charge in [-0.15, -0.1) is 11.8 Å². The van der Waals surface area contributed by atoms with E-state index in [-0.39, 0.29) is 0 Å². The second-order valence-electron chi connectivity index (χ2n) is 4.05. The van der Waals surface area contributed by atoms with Crippen molar-refractivity contribution in [2.24, 2.45) is 23.5 Å². The molecule has 0 aromatic rings. The fourth-order valence-electron chi connectivity index (χ4n) is 2.46. The maximum Gasteiger partial charge on any atom is 0.404 e. The van der Waals surface area contributed by atoms with E-state index in [4.69, 9.17) is 10.5 Å². The van der Waals surface area contributed by atoms with E-state index in [2.05, 4.69) is 11.8 Å². The van der Waals surface area contributed by atoms with Crippen LogP contribution in [-0.4, -0.2) is 12.7 Å². The van der Waals surface area contributed by atoms with E-state index < -0.39 is 6.09 Å². The van der Waals surface area contributed by atoms with Crippen molar-refractivity contribution in [1.82, 2.24) is 0 Å². The Labute approximate surface area is 84.0 Å². The Bertz CT molecular complexity index is 271. The van der Waals surface area contributed by atoms with Crippen molar-refractivity contribution in [3.8, 4) is 11.8 Å². The zero-order valence-corrected chi connectivity index (χ0v) is 8.16. The van der Waals surface area contributed by atoms with Crippen LogP contribution in [0.3, 0.4) is 0 Å². The fraction of sp³-hybridized carbons (Fsp3) is 0.727. The normalized spacial score (nSPS) is 34.1. The quantitative estimate of drug-likeness (QED) is 0.676. The van der Waals surface area contributed by atoms with Crippen molar-refractivity contribution < 1.29 is 9.53 Å². The molecule has 0 bridgehead atoms. The van der Waals surface area contributed by atoms with Crippen molar-refractivity contribution in [3.05, 3.63) is 0 Å². The van der Waals surface area contributed by atoms with Gasteiger partial charge in [-0.2, -0.15) is 0 Å². The number of rotatable bonds is 2. The first kappa shape index (κ1) is 9.39. The maximum absolute atomic E-state index is 10.4. The van der Waals surface area contributed by atoms with Crippen LogP contribution in [0.5, 0.6) is 0 Å². The van der Waals surface area contributed by atoms with Crippen LogP contribution in [0.25, 0.3) is 0 Å². The third kappa shape index (κ3) is 2.01. The molecule has 2 rings (SSSR count). The zero-order valence-electron chi connectivity index (χ0n) is 8.16. The van der Waals surface area contributed by atoms with Gasteiger partial charge in [0.15, 0.2) is 0 Å². The van der Waals surface area contributed by atoms with Crippen LogP contribution >= 0.6 is 0 Å². The molecular weight excluding hydrogens is 178 g/mol. The van der Waals surface area contributed by atoms with E-state index in [9.17, 15) is 4.79 Å². The highest BCUT2D eigenvalue weighted by Gasteiger charge is 2.49. The highest BCUT2D eigenvalue weighted by Crippen LogP contribution is 2.52. The van der Waals surface area contributed by atoms with Gasteiger partial charge in [0.05, 0.1) is 6.61 Å². The fourth-order valence-corrected chi connectivity index (χ4v) is 2.46. The van der Waals surface area contributed by atoms with Crippen LogP contribution in [0.2, 0.25) is 0 Å². The molecule has 0 radical (unpaired) electrons. The number of amides is 1. The van der Waals surface area contributed by atoms with E-state index in [1.54, 1.807) is 0 Å². The molecule has 1 fully saturated rings. The molecule has 2 aliphatic rings. The first-order valence-electron chi connectivity index (χ1n) is 5.17. The van der Waals surface area contributed by atoms with Gasteiger partial charge in [0, 0.05) is 12.8 Å². The van der Waals surface area contributed by atoms with Crippen molar-refractivity contribution in [3.63, 3.8) is 0 Å². The van der Waals surface area contributed by atoms with Crippen molar-refractivity contribution >= 4 is 6.09 Å². The molecule has 76 valence electrons. The van der Waals surface area contributed by atoms with Gasteiger partial charge in [-0.05, 0) is 30.6 Å². The van der Waals surface area contributed by atoms with Crippen molar-refractivity contribution in [1.29, 1.82) is 0 Å². The summed E-state index contributed by atoms with van der Waals surface area (Å²) in [5.74, 6) is 8.29. The van der Waals surface area contributed by atoms with Crippen LogP contribution in [0, 0.1) is 29.6 Å². The number of fused-ring (bicyclic) bond motifs is 1. The summed E-state index contributed by atoms with van der Waals surface area (Å²) in [5, 5.41) is 0. The Balaban J connectivity index is 1.79. The van der Waals surface area contributed by atoms with Crippen LogP contribution in [0.4, 0.5) is 4.79 Å². The van der Waals surface area contributed by atoms with Gasteiger partial charge in [-0.3, -0.25) is 0 Å². The predicted molar refractivity (Wildman–Crippen MR) is 52.2 cm³/mol. The topological polar surface area (TPSA) is 52.3 Å². The number of primary amides is 1. The van der Waals surface area contributed by atoms with Gasteiger partial charge in [0.2, 0.25) is 0 Å². The average Bonchev–Trinajstić information content (AvgIpc) is 2.72. The molecule has 1 unspecified atom stereocenters. The number of hydrogen-bond acceptors (Lipinski definition) is 2. The summed E-state index contributed by atoms with van der Waals surface area (Å²) in [6, 6.07) is 0. The smallest absolute Gasteiger partial charge is 0.404 e. The van der Waals surface area contributed by atoms with Gasteiger partial charge in [0.1, 0.15) is 0 Å².